The fourth-order valence-electron chi connectivity index (χ4n) is 1.85. The van der Waals surface area contributed by atoms with Gasteiger partial charge in [-0.2, -0.15) is 0 Å². The lowest BCUT2D eigenvalue weighted by Crippen LogP contribution is -2.52. The molecular weight excluding hydrogens is 186 g/mol. The molecule has 2 nitrogen and oxygen atoms in total. The molecule has 84 valence electrons. The highest BCUT2D eigenvalue weighted by Gasteiger charge is 2.32. The second-order valence-electron chi connectivity index (χ2n) is 4.78. The molecule has 0 aliphatic heterocycles. The van der Waals surface area contributed by atoms with Crippen LogP contribution in [0.4, 0.5) is 8.78 Å². The molecular formula is C10H20F2N2. The topological polar surface area (TPSA) is 38.0 Å². The molecule has 0 bridgehead atoms. The molecule has 0 amide bonds. The van der Waals surface area contributed by atoms with E-state index >= 15 is 0 Å². The van der Waals surface area contributed by atoms with E-state index in [0.29, 0.717) is 0 Å². The molecule has 0 radical (unpaired) electrons. The molecule has 1 aliphatic rings. The van der Waals surface area contributed by atoms with Gasteiger partial charge in [0.15, 0.2) is 0 Å². The molecule has 1 saturated carbocycles. The van der Waals surface area contributed by atoms with E-state index in [2.05, 4.69) is 5.32 Å². The first-order valence-electron chi connectivity index (χ1n) is 5.23. The van der Waals surface area contributed by atoms with E-state index in [0.717, 1.165) is 25.7 Å². The number of hydrogen-bond donors (Lipinski definition) is 2. The van der Waals surface area contributed by atoms with Crippen molar-refractivity contribution in [2.24, 2.45) is 5.73 Å². The summed E-state index contributed by atoms with van der Waals surface area (Å²) < 4.78 is 25.1. The summed E-state index contributed by atoms with van der Waals surface area (Å²) in [7, 11) is 0. The maximum absolute atomic E-state index is 12.6. The molecule has 0 spiro atoms. The van der Waals surface area contributed by atoms with E-state index < -0.39 is 12.0 Å². The van der Waals surface area contributed by atoms with Gasteiger partial charge in [-0.25, -0.2) is 8.78 Å². The van der Waals surface area contributed by atoms with Gasteiger partial charge in [-0.3, -0.25) is 0 Å². The first kappa shape index (κ1) is 11.9. The Labute approximate surface area is 84.2 Å². The lowest BCUT2D eigenvalue weighted by molar-refractivity contribution is 0.0399. The lowest BCUT2D eigenvalue weighted by Gasteiger charge is -2.34. The minimum absolute atomic E-state index is 0.207. The predicted octanol–water partition coefficient (Wildman–Crippen LogP) is 1.89. The summed E-state index contributed by atoms with van der Waals surface area (Å²) in [5, 5.41) is 3.01. The van der Waals surface area contributed by atoms with Gasteiger partial charge >= 0.3 is 0 Å². The average molecular weight is 206 g/mol. The van der Waals surface area contributed by atoms with Crippen molar-refractivity contribution in [2.75, 3.05) is 0 Å². The number of hydrogen-bond acceptors (Lipinski definition) is 2. The van der Waals surface area contributed by atoms with Crippen molar-refractivity contribution >= 4 is 0 Å². The molecule has 3 N–H and O–H groups in total. The van der Waals surface area contributed by atoms with Gasteiger partial charge in [0.05, 0.1) is 5.54 Å². The van der Waals surface area contributed by atoms with Gasteiger partial charge in [-0.1, -0.05) is 0 Å². The molecule has 0 heterocycles. The van der Waals surface area contributed by atoms with Gasteiger partial charge in [0.2, 0.25) is 0 Å². The number of halogens is 2. The molecule has 0 aromatic heterocycles. The van der Waals surface area contributed by atoms with Gasteiger partial charge < -0.3 is 11.1 Å². The molecule has 0 unspecified atom stereocenters. The van der Waals surface area contributed by atoms with Gasteiger partial charge in [0.25, 0.3) is 6.43 Å². The van der Waals surface area contributed by atoms with Crippen molar-refractivity contribution in [1.82, 2.24) is 5.32 Å². The van der Waals surface area contributed by atoms with Crippen LogP contribution in [0.5, 0.6) is 0 Å². The molecule has 4 heteroatoms. The highest BCUT2D eigenvalue weighted by Crippen LogP contribution is 2.22. The first-order valence-corrected chi connectivity index (χ1v) is 5.23. The van der Waals surface area contributed by atoms with Crippen LogP contribution < -0.4 is 11.1 Å². The lowest BCUT2D eigenvalue weighted by atomic mass is 9.90. The van der Waals surface area contributed by atoms with E-state index in [1.165, 1.54) is 0 Å². The van der Waals surface area contributed by atoms with Crippen LogP contribution in [0.25, 0.3) is 0 Å². The highest BCUT2D eigenvalue weighted by molar-refractivity contribution is 4.87. The summed E-state index contributed by atoms with van der Waals surface area (Å²) >= 11 is 0. The Kier molecular flexibility index (Phi) is 3.84. The van der Waals surface area contributed by atoms with Crippen LogP contribution in [0, 0.1) is 0 Å². The number of rotatable bonds is 3. The second kappa shape index (κ2) is 4.53. The van der Waals surface area contributed by atoms with Crippen LogP contribution in [-0.2, 0) is 0 Å². The average Bonchev–Trinajstić information content (AvgIpc) is 2.08. The zero-order valence-corrected chi connectivity index (χ0v) is 8.89. The molecule has 1 aliphatic carbocycles. The molecule has 1 rings (SSSR count). The summed E-state index contributed by atoms with van der Waals surface area (Å²) in [6.07, 6.45) is 1.39. The standard InChI is InChI=1S/C10H20F2N2/c1-10(2,9(11)12)14-8-5-3-7(13)4-6-8/h7-9,14H,3-6,13H2,1-2H3. The molecule has 1 fully saturated rings. The Hall–Kier alpha value is -0.220. The Bertz CT molecular complexity index is 175. The molecule has 0 saturated heterocycles. The Balaban J connectivity index is 2.37. The van der Waals surface area contributed by atoms with Crippen LogP contribution >= 0.6 is 0 Å². The van der Waals surface area contributed by atoms with E-state index in [-0.39, 0.29) is 12.1 Å². The largest absolute Gasteiger partial charge is 0.328 e. The van der Waals surface area contributed by atoms with Crippen LogP contribution in [0.3, 0.4) is 0 Å². The van der Waals surface area contributed by atoms with Gasteiger partial charge in [-0.15, -0.1) is 0 Å². The van der Waals surface area contributed by atoms with E-state index in [9.17, 15) is 8.78 Å². The fourth-order valence-corrected chi connectivity index (χ4v) is 1.85. The Morgan fingerprint density at radius 1 is 1.21 bits per heavy atom. The second-order valence-corrected chi connectivity index (χ2v) is 4.78. The number of nitrogens with two attached hydrogens (primary N) is 1. The molecule has 0 aromatic rings. The van der Waals surface area contributed by atoms with Crippen molar-refractivity contribution < 1.29 is 8.78 Å². The summed E-state index contributed by atoms with van der Waals surface area (Å²) in [5.41, 5.74) is 4.67. The smallest absolute Gasteiger partial charge is 0.255 e. The van der Waals surface area contributed by atoms with Crippen LogP contribution in [-0.4, -0.2) is 24.0 Å². The Morgan fingerprint density at radius 3 is 2.14 bits per heavy atom. The molecule has 14 heavy (non-hydrogen) atoms. The van der Waals surface area contributed by atoms with Crippen molar-refractivity contribution in [3.8, 4) is 0 Å². The highest BCUT2D eigenvalue weighted by atomic mass is 19.3. The van der Waals surface area contributed by atoms with Crippen LogP contribution in [0.2, 0.25) is 0 Å². The van der Waals surface area contributed by atoms with Crippen molar-refractivity contribution in [3.05, 3.63) is 0 Å². The summed E-state index contributed by atoms with van der Waals surface area (Å²) in [5.74, 6) is 0. The minimum atomic E-state index is -2.32. The number of nitrogens with one attached hydrogen (secondary N) is 1. The van der Waals surface area contributed by atoms with Crippen LogP contribution in [0.1, 0.15) is 39.5 Å². The minimum Gasteiger partial charge on any atom is -0.328 e. The predicted molar refractivity (Wildman–Crippen MR) is 53.5 cm³/mol. The molecule has 0 atom stereocenters. The molecule has 0 aromatic carbocycles. The third-order valence-corrected chi connectivity index (χ3v) is 2.89. The third-order valence-electron chi connectivity index (χ3n) is 2.89. The van der Waals surface area contributed by atoms with Gasteiger partial charge in [-0.05, 0) is 39.5 Å². The fraction of sp³-hybridized carbons (Fsp3) is 1.00. The van der Waals surface area contributed by atoms with Crippen molar-refractivity contribution in [2.45, 2.75) is 63.6 Å². The SMILES string of the molecule is CC(C)(NC1CCC(N)CC1)C(F)F. The maximum Gasteiger partial charge on any atom is 0.255 e. The van der Waals surface area contributed by atoms with Gasteiger partial charge in [0, 0.05) is 12.1 Å². The van der Waals surface area contributed by atoms with E-state index in [1.807, 2.05) is 0 Å². The quantitative estimate of drug-likeness (QED) is 0.740. The summed E-state index contributed by atoms with van der Waals surface area (Å²) in [6.45, 7) is 3.10. The van der Waals surface area contributed by atoms with E-state index in [1.54, 1.807) is 13.8 Å². The maximum atomic E-state index is 12.6. The van der Waals surface area contributed by atoms with E-state index in [4.69, 9.17) is 5.73 Å². The summed E-state index contributed by atoms with van der Waals surface area (Å²) in [4.78, 5) is 0. The Morgan fingerprint density at radius 2 is 1.71 bits per heavy atom. The monoisotopic (exact) mass is 206 g/mol. The zero-order valence-electron chi connectivity index (χ0n) is 8.89. The number of alkyl halides is 2. The van der Waals surface area contributed by atoms with Crippen molar-refractivity contribution in [1.29, 1.82) is 0 Å². The first-order chi connectivity index (χ1) is 6.42. The zero-order chi connectivity index (χ0) is 10.8. The summed E-state index contributed by atoms with van der Waals surface area (Å²) in [6, 6.07) is 0.474. The van der Waals surface area contributed by atoms with Gasteiger partial charge in [0.1, 0.15) is 0 Å². The normalized spacial score (nSPS) is 29.6. The third kappa shape index (κ3) is 3.17. The van der Waals surface area contributed by atoms with Crippen molar-refractivity contribution in [3.63, 3.8) is 0 Å². The van der Waals surface area contributed by atoms with Crippen LogP contribution in [0.15, 0.2) is 0 Å².